The average Bonchev–Trinajstić information content (AvgIpc) is 2.33. The minimum atomic E-state index is -0.623. The Kier molecular flexibility index (Phi) is 2.49. The van der Waals surface area contributed by atoms with Crippen LogP contribution in [-0.4, -0.2) is 24.4 Å². The van der Waals surface area contributed by atoms with Crippen molar-refractivity contribution in [3.63, 3.8) is 0 Å². The average molecular weight is 247 g/mol. The number of aromatic hydroxyl groups is 1. The van der Waals surface area contributed by atoms with Gasteiger partial charge in [0.05, 0.1) is 0 Å². The van der Waals surface area contributed by atoms with Gasteiger partial charge in [-0.1, -0.05) is 0 Å². The molecule has 1 heterocycles. The molecule has 0 unspecified atom stereocenters. The van der Waals surface area contributed by atoms with Crippen molar-refractivity contribution in [2.24, 2.45) is 4.99 Å². The predicted molar refractivity (Wildman–Crippen MR) is 62.7 cm³/mol. The first-order valence-corrected chi connectivity index (χ1v) is 5.97. The van der Waals surface area contributed by atoms with E-state index in [1.807, 2.05) is 0 Å². The Labute approximate surface area is 104 Å². The highest BCUT2D eigenvalue weighted by molar-refractivity contribution is 5.54. The molecular weight excluding hydrogens is 234 g/mol. The molecule has 1 N–H and O–H groups in total. The summed E-state index contributed by atoms with van der Waals surface area (Å²) in [4.78, 5) is 14.4. The molecule has 5 heteroatoms. The zero-order chi connectivity index (χ0) is 12.6. The summed E-state index contributed by atoms with van der Waals surface area (Å²) in [7, 11) is 0. The third kappa shape index (κ3) is 1.56. The van der Waals surface area contributed by atoms with Crippen molar-refractivity contribution in [3.05, 3.63) is 17.7 Å². The summed E-state index contributed by atoms with van der Waals surface area (Å²) < 4.78 is 10.9. The Hall–Kier alpha value is -2.00. The number of aliphatic imine (C=N–C) groups is 1. The lowest BCUT2D eigenvalue weighted by atomic mass is 9.72. The fourth-order valence-electron chi connectivity index (χ4n) is 2.49. The third-order valence-electron chi connectivity index (χ3n) is 3.60. The number of isocyanates is 1. The lowest BCUT2D eigenvalue weighted by Crippen LogP contribution is -2.32. The topological polar surface area (TPSA) is 68.1 Å². The predicted octanol–water partition coefficient (Wildman–Crippen LogP) is 1.88. The number of fused-ring (bicyclic) bond motifs is 1. The van der Waals surface area contributed by atoms with Gasteiger partial charge in [-0.3, -0.25) is 0 Å². The van der Waals surface area contributed by atoms with Crippen LogP contribution in [0.3, 0.4) is 0 Å². The van der Waals surface area contributed by atoms with Crippen LogP contribution in [0, 0.1) is 0 Å². The number of nitrogens with zero attached hydrogens (tertiary/aromatic N) is 1. The fraction of sp³-hybridized carbons (Fsp3) is 0.462. The molecule has 2 aliphatic rings. The van der Waals surface area contributed by atoms with Crippen LogP contribution < -0.4 is 9.47 Å². The Morgan fingerprint density at radius 3 is 2.44 bits per heavy atom. The first kappa shape index (κ1) is 11.1. The van der Waals surface area contributed by atoms with Crippen LogP contribution in [0.15, 0.2) is 17.1 Å². The van der Waals surface area contributed by atoms with Crippen molar-refractivity contribution >= 4 is 6.08 Å². The molecule has 0 aromatic heterocycles. The molecule has 1 aromatic rings. The Morgan fingerprint density at radius 1 is 1.22 bits per heavy atom. The minimum Gasteiger partial charge on any atom is -0.507 e. The Bertz CT molecular complexity index is 530. The van der Waals surface area contributed by atoms with Crippen LogP contribution >= 0.6 is 0 Å². The van der Waals surface area contributed by atoms with E-state index in [9.17, 15) is 9.90 Å². The van der Waals surface area contributed by atoms with E-state index in [1.54, 1.807) is 12.1 Å². The van der Waals surface area contributed by atoms with Gasteiger partial charge in [-0.05, 0) is 25.3 Å². The van der Waals surface area contributed by atoms with E-state index in [0.717, 1.165) is 19.3 Å². The molecule has 0 bridgehead atoms. The summed E-state index contributed by atoms with van der Waals surface area (Å²) in [5.74, 6) is 1.23. The van der Waals surface area contributed by atoms with Gasteiger partial charge in [0.15, 0.2) is 11.5 Å². The van der Waals surface area contributed by atoms with Gasteiger partial charge in [0.25, 0.3) is 0 Å². The molecule has 1 fully saturated rings. The van der Waals surface area contributed by atoms with E-state index in [0.29, 0.717) is 30.3 Å². The highest BCUT2D eigenvalue weighted by atomic mass is 16.6. The van der Waals surface area contributed by atoms with Gasteiger partial charge < -0.3 is 14.6 Å². The molecule has 1 saturated carbocycles. The van der Waals surface area contributed by atoms with Gasteiger partial charge in [0, 0.05) is 11.6 Å². The standard InChI is InChI=1S/C13H13NO4/c15-8-14-13(2-1-3-13)9-6-11-12(7-10(9)16)18-5-4-17-11/h6-7,16H,1-5H2. The quantitative estimate of drug-likeness (QED) is 0.640. The number of carbonyl (C=O) groups excluding carboxylic acids is 1. The number of ether oxygens (including phenoxy) is 2. The first-order valence-electron chi connectivity index (χ1n) is 5.97. The number of phenols is 1. The minimum absolute atomic E-state index is 0.0953. The van der Waals surface area contributed by atoms with E-state index in [4.69, 9.17) is 9.47 Å². The molecule has 0 atom stereocenters. The van der Waals surface area contributed by atoms with Crippen molar-refractivity contribution in [1.82, 2.24) is 0 Å². The summed E-state index contributed by atoms with van der Waals surface area (Å²) >= 11 is 0. The molecule has 1 aliphatic heterocycles. The SMILES string of the molecule is O=C=NC1(c2cc3c(cc2O)OCCO3)CCC1. The summed E-state index contributed by atoms with van der Waals surface area (Å²) in [6.07, 6.45) is 4.08. The molecule has 0 saturated heterocycles. The molecule has 94 valence electrons. The number of hydrogen-bond acceptors (Lipinski definition) is 5. The maximum Gasteiger partial charge on any atom is 0.235 e. The van der Waals surface area contributed by atoms with Crippen LogP contribution in [0.2, 0.25) is 0 Å². The summed E-state index contributed by atoms with van der Waals surface area (Å²) in [6, 6.07) is 3.26. The van der Waals surface area contributed by atoms with E-state index in [1.165, 1.54) is 6.07 Å². The molecular formula is C13H13NO4. The second-order valence-corrected chi connectivity index (χ2v) is 4.60. The molecule has 0 amide bonds. The number of phenolic OH excluding ortho intramolecular Hbond substituents is 1. The van der Waals surface area contributed by atoms with Gasteiger partial charge in [-0.25, -0.2) is 4.79 Å². The fourth-order valence-corrected chi connectivity index (χ4v) is 2.49. The maximum atomic E-state index is 10.6. The van der Waals surface area contributed by atoms with Crippen molar-refractivity contribution in [1.29, 1.82) is 0 Å². The Morgan fingerprint density at radius 2 is 1.89 bits per heavy atom. The van der Waals surface area contributed by atoms with Gasteiger partial charge >= 0.3 is 0 Å². The summed E-state index contributed by atoms with van der Waals surface area (Å²) in [5.41, 5.74) is 0.00291. The van der Waals surface area contributed by atoms with E-state index in [-0.39, 0.29) is 5.75 Å². The van der Waals surface area contributed by atoms with E-state index >= 15 is 0 Å². The molecule has 1 aliphatic carbocycles. The lowest BCUT2D eigenvalue weighted by molar-refractivity contribution is 0.168. The van der Waals surface area contributed by atoms with Gasteiger partial charge in [-0.15, -0.1) is 0 Å². The highest BCUT2D eigenvalue weighted by Gasteiger charge is 2.41. The van der Waals surface area contributed by atoms with Gasteiger partial charge in [0.2, 0.25) is 6.08 Å². The molecule has 0 spiro atoms. The highest BCUT2D eigenvalue weighted by Crippen LogP contribution is 2.50. The summed E-state index contributed by atoms with van der Waals surface area (Å²) in [6.45, 7) is 0.963. The molecule has 3 rings (SSSR count). The molecule has 1 aromatic carbocycles. The number of rotatable bonds is 2. The molecule has 0 radical (unpaired) electrons. The summed E-state index contributed by atoms with van der Waals surface area (Å²) in [5, 5.41) is 10.1. The first-order chi connectivity index (χ1) is 8.75. The van der Waals surface area contributed by atoms with Gasteiger partial charge in [0.1, 0.15) is 24.5 Å². The second-order valence-electron chi connectivity index (χ2n) is 4.60. The third-order valence-corrected chi connectivity index (χ3v) is 3.60. The second kappa shape index (κ2) is 4.03. The number of benzene rings is 1. The van der Waals surface area contributed by atoms with E-state index in [2.05, 4.69) is 4.99 Å². The van der Waals surface area contributed by atoms with Crippen LogP contribution in [0.25, 0.3) is 0 Å². The van der Waals surface area contributed by atoms with Crippen molar-refractivity contribution < 1.29 is 19.4 Å². The Balaban J connectivity index is 2.09. The largest absolute Gasteiger partial charge is 0.507 e. The monoisotopic (exact) mass is 247 g/mol. The zero-order valence-electron chi connectivity index (χ0n) is 9.81. The van der Waals surface area contributed by atoms with Crippen molar-refractivity contribution in [2.75, 3.05) is 13.2 Å². The van der Waals surface area contributed by atoms with Crippen LogP contribution in [0.4, 0.5) is 0 Å². The van der Waals surface area contributed by atoms with Crippen LogP contribution in [0.1, 0.15) is 24.8 Å². The van der Waals surface area contributed by atoms with Crippen molar-refractivity contribution in [3.8, 4) is 17.2 Å². The van der Waals surface area contributed by atoms with Crippen LogP contribution in [0.5, 0.6) is 17.2 Å². The van der Waals surface area contributed by atoms with Crippen LogP contribution in [-0.2, 0) is 10.3 Å². The normalized spacial score (nSPS) is 19.6. The molecule has 5 nitrogen and oxygen atoms in total. The maximum absolute atomic E-state index is 10.6. The lowest BCUT2D eigenvalue weighted by Gasteiger charge is -2.37. The van der Waals surface area contributed by atoms with Crippen molar-refractivity contribution in [2.45, 2.75) is 24.8 Å². The molecule has 18 heavy (non-hydrogen) atoms. The van der Waals surface area contributed by atoms with Gasteiger partial charge in [-0.2, -0.15) is 4.99 Å². The smallest absolute Gasteiger partial charge is 0.235 e. The van der Waals surface area contributed by atoms with E-state index < -0.39 is 5.54 Å². The zero-order valence-corrected chi connectivity index (χ0v) is 9.81. The number of hydrogen-bond donors (Lipinski definition) is 1.